The summed E-state index contributed by atoms with van der Waals surface area (Å²) in [7, 11) is 0. The maximum absolute atomic E-state index is 8.66. The Morgan fingerprint density at radius 2 is 2.29 bits per heavy atom. The molecule has 0 saturated carbocycles. The summed E-state index contributed by atoms with van der Waals surface area (Å²) in [4.78, 5) is 9.00. The highest BCUT2D eigenvalue weighted by atomic mass is 32.1. The Morgan fingerprint density at radius 1 is 1.43 bits per heavy atom. The first kappa shape index (κ1) is 8.66. The number of anilines is 1. The van der Waals surface area contributed by atoms with Gasteiger partial charge in [-0.1, -0.05) is 0 Å². The molecule has 0 bridgehead atoms. The van der Waals surface area contributed by atoms with Crippen molar-refractivity contribution in [2.24, 2.45) is 0 Å². The van der Waals surface area contributed by atoms with E-state index in [1.165, 1.54) is 11.3 Å². The van der Waals surface area contributed by atoms with E-state index in [2.05, 4.69) is 9.97 Å². The lowest BCUT2D eigenvalue weighted by Gasteiger charge is -1.99. The van der Waals surface area contributed by atoms with E-state index in [0.717, 1.165) is 10.6 Å². The highest BCUT2D eigenvalue weighted by Gasteiger charge is 2.04. The summed E-state index contributed by atoms with van der Waals surface area (Å²) in [5.41, 5.74) is 8.47. The van der Waals surface area contributed by atoms with Gasteiger partial charge in [0.25, 0.3) is 0 Å². The van der Waals surface area contributed by atoms with Crippen LogP contribution in [0.3, 0.4) is 0 Å². The maximum Gasteiger partial charge on any atom is 0.142 e. The van der Waals surface area contributed by atoms with Gasteiger partial charge in [-0.25, -0.2) is 4.98 Å². The fourth-order valence-electron chi connectivity index (χ4n) is 1.05. The number of nitriles is 1. The van der Waals surface area contributed by atoms with Crippen LogP contribution in [0.15, 0.2) is 23.8 Å². The highest BCUT2D eigenvalue weighted by Crippen LogP contribution is 2.22. The summed E-state index contributed by atoms with van der Waals surface area (Å²) >= 11 is 1.49. The van der Waals surface area contributed by atoms with Gasteiger partial charge >= 0.3 is 0 Å². The van der Waals surface area contributed by atoms with E-state index in [4.69, 9.17) is 11.0 Å². The minimum atomic E-state index is 0.262. The molecule has 14 heavy (non-hydrogen) atoms. The van der Waals surface area contributed by atoms with Gasteiger partial charge in [-0.2, -0.15) is 5.26 Å². The van der Waals surface area contributed by atoms with Crippen LogP contribution in [0.2, 0.25) is 0 Å². The quantitative estimate of drug-likeness (QED) is 0.763. The Labute approximate surface area is 84.7 Å². The molecular formula is C9H6N4S. The number of aromatic nitrogens is 2. The van der Waals surface area contributed by atoms with Gasteiger partial charge in [0.1, 0.15) is 11.9 Å². The number of nitrogens with two attached hydrogens (primary N) is 1. The van der Waals surface area contributed by atoms with E-state index in [0.29, 0.717) is 5.56 Å². The Bertz CT molecular complexity index is 484. The Kier molecular flexibility index (Phi) is 2.13. The summed E-state index contributed by atoms with van der Waals surface area (Å²) in [6.45, 7) is 0. The normalized spacial score (nSPS) is 9.64. The molecule has 2 heterocycles. The molecule has 0 amide bonds. The molecule has 0 unspecified atom stereocenters. The van der Waals surface area contributed by atoms with Crippen molar-refractivity contribution in [2.45, 2.75) is 0 Å². The molecule has 0 saturated heterocycles. The van der Waals surface area contributed by atoms with Crippen LogP contribution in [0.1, 0.15) is 5.56 Å². The molecule has 2 N–H and O–H groups in total. The molecular weight excluding hydrogens is 196 g/mol. The van der Waals surface area contributed by atoms with Gasteiger partial charge in [-0.3, -0.25) is 4.98 Å². The molecule has 0 aliphatic heterocycles. The number of rotatable bonds is 1. The van der Waals surface area contributed by atoms with Crippen LogP contribution in [-0.2, 0) is 0 Å². The van der Waals surface area contributed by atoms with Crippen molar-refractivity contribution in [2.75, 3.05) is 5.73 Å². The SMILES string of the molecule is N#Cc1ccc(-c2cncs2)nc1N. The molecule has 0 atom stereocenters. The Hall–Kier alpha value is -1.93. The molecule has 68 valence electrons. The second-order valence-electron chi connectivity index (χ2n) is 2.61. The summed E-state index contributed by atoms with van der Waals surface area (Å²) in [6, 6.07) is 5.40. The van der Waals surface area contributed by atoms with Crippen LogP contribution in [0.4, 0.5) is 5.82 Å². The summed E-state index contributed by atoms with van der Waals surface area (Å²) in [5, 5.41) is 8.66. The second-order valence-corrected chi connectivity index (χ2v) is 3.49. The Morgan fingerprint density at radius 3 is 2.86 bits per heavy atom. The third-order valence-corrected chi connectivity index (χ3v) is 2.53. The lowest BCUT2D eigenvalue weighted by atomic mass is 10.2. The molecule has 5 heteroatoms. The first-order chi connectivity index (χ1) is 6.81. The smallest absolute Gasteiger partial charge is 0.142 e. The van der Waals surface area contributed by atoms with E-state index in [9.17, 15) is 0 Å². The van der Waals surface area contributed by atoms with Crippen LogP contribution in [0.5, 0.6) is 0 Å². The monoisotopic (exact) mass is 202 g/mol. The summed E-state index contributed by atoms with van der Waals surface area (Å²) in [5.74, 6) is 0.262. The Balaban J connectivity index is 2.49. The van der Waals surface area contributed by atoms with Crippen LogP contribution in [-0.4, -0.2) is 9.97 Å². The molecule has 0 aliphatic carbocycles. The molecule has 2 aromatic rings. The van der Waals surface area contributed by atoms with Crippen LogP contribution >= 0.6 is 11.3 Å². The molecule has 0 aliphatic rings. The molecule has 0 radical (unpaired) electrons. The topological polar surface area (TPSA) is 75.6 Å². The van der Waals surface area contributed by atoms with E-state index in [1.54, 1.807) is 23.8 Å². The van der Waals surface area contributed by atoms with Crippen molar-refractivity contribution < 1.29 is 0 Å². The van der Waals surface area contributed by atoms with Crippen molar-refractivity contribution in [3.8, 4) is 16.6 Å². The lowest BCUT2D eigenvalue weighted by Crippen LogP contribution is -1.95. The van der Waals surface area contributed by atoms with Crippen molar-refractivity contribution in [3.63, 3.8) is 0 Å². The average Bonchev–Trinajstić information content (AvgIpc) is 2.70. The zero-order valence-corrected chi connectivity index (χ0v) is 7.95. The van der Waals surface area contributed by atoms with Gasteiger partial charge in [0.05, 0.1) is 21.6 Å². The number of hydrogen-bond acceptors (Lipinski definition) is 5. The van der Waals surface area contributed by atoms with Crippen molar-refractivity contribution >= 4 is 17.2 Å². The number of thiazole rings is 1. The van der Waals surface area contributed by atoms with Crippen molar-refractivity contribution in [1.29, 1.82) is 5.26 Å². The fraction of sp³-hybridized carbons (Fsp3) is 0. The third-order valence-electron chi connectivity index (χ3n) is 1.73. The molecule has 2 rings (SSSR count). The summed E-state index contributed by atoms with van der Waals surface area (Å²) in [6.07, 6.45) is 1.72. The van der Waals surface area contributed by atoms with E-state index < -0.39 is 0 Å². The third kappa shape index (κ3) is 1.43. The zero-order valence-electron chi connectivity index (χ0n) is 7.14. The fourth-order valence-corrected chi connectivity index (χ4v) is 1.64. The standard InChI is InChI=1S/C9H6N4S/c10-3-6-1-2-7(13-9(6)11)8-4-12-5-14-8/h1-2,4-5H,(H2,11,13). The molecule has 0 fully saturated rings. The van der Waals surface area contributed by atoms with E-state index >= 15 is 0 Å². The van der Waals surface area contributed by atoms with Gasteiger partial charge in [0.2, 0.25) is 0 Å². The van der Waals surface area contributed by atoms with Gasteiger partial charge in [-0.05, 0) is 12.1 Å². The first-order valence-electron chi connectivity index (χ1n) is 3.87. The number of nitrogen functional groups attached to an aromatic ring is 1. The minimum Gasteiger partial charge on any atom is -0.383 e. The maximum atomic E-state index is 8.66. The van der Waals surface area contributed by atoms with E-state index in [-0.39, 0.29) is 5.82 Å². The average molecular weight is 202 g/mol. The number of nitrogens with zero attached hydrogens (tertiary/aromatic N) is 3. The molecule has 4 nitrogen and oxygen atoms in total. The predicted octanol–water partition coefficient (Wildman–Crippen LogP) is 1.66. The summed E-state index contributed by atoms with van der Waals surface area (Å²) < 4.78 is 0. The molecule has 0 aromatic carbocycles. The second kappa shape index (κ2) is 3.44. The van der Waals surface area contributed by atoms with Crippen LogP contribution in [0.25, 0.3) is 10.6 Å². The van der Waals surface area contributed by atoms with Gasteiger partial charge in [0, 0.05) is 6.20 Å². The largest absolute Gasteiger partial charge is 0.383 e. The van der Waals surface area contributed by atoms with Gasteiger partial charge in [-0.15, -0.1) is 11.3 Å². The highest BCUT2D eigenvalue weighted by molar-refractivity contribution is 7.13. The van der Waals surface area contributed by atoms with Crippen LogP contribution in [0, 0.1) is 11.3 Å². The zero-order chi connectivity index (χ0) is 9.97. The number of pyridine rings is 1. The lowest BCUT2D eigenvalue weighted by molar-refractivity contribution is 1.31. The predicted molar refractivity (Wildman–Crippen MR) is 54.5 cm³/mol. The van der Waals surface area contributed by atoms with E-state index in [1.807, 2.05) is 6.07 Å². The minimum absolute atomic E-state index is 0.262. The molecule has 0 spiro atoms. The first-order valence-corrected chi connectivity index (χ1v) is 4.74. The van der Waals surface area contributed by atoms with Crippen molar-refractivity contribution in [1.82, 2.24) is 9.97 Å². The van der Waals surface area contributed by atoms with Crippen LogP contribution < -0.4 is 5.73 Å². The molecule has 2 aromatic heterocycles. The van der Waals surface area contributed by atoms with Gasteiger partial charge in [0.15, 0.2) is 0 Å². The van der Waals surface area contributed by atoms with Gasteiger partial charge < -0.3 is 5.73 Å². The number of hydrogen-bond donors (Lipinski definition) is 1. The van der Waals surface area contributed by atoms with Crippen molar-refractivity contribution in [3.05, 3.63) is 29.4 Å².